The Bertz CT molecular complexity index is 956. The van der Waals surface area contributed by atoms with Gasteiger partial charge < -0.3 is 10.6 Å². The molecule has 1 amide bonds. The summed E-state index contributed by atoms with van der Waals surface area (Å²) in [7, 11) is 0. The van der Waals surface area contributed by atoms with E-state index in [1.807, 2.05) is 32.0 Å². The second kappa shape index (κ2) is 7.31. The molecule has 0 fully saturated rings. The number of anilines is 3. The molecule has 0 radical (unpaired) electrons. The normalized spacial score (nSPS) is 10.5. The number of rotatable bonds is 4. The second-order valence-electron chi connectivity index (χ2n) is 5.89. The zero-order valence-electron chi connectivity index (χ0n) is 14.3. The molecule has 3 rings (SSSR count). The molecule has 0 bridgehead atoms. The molecule has 0 unspecified atom stereocenters. The molecule has 0 aliphatic heterocycles. The van der Waals surface area contributed by atoms with Gasteiger partial charge in [-0.3, -0.25) is 4.79 Å². The van der Waals surface area contributed by atoms with E-state index in [-0.39, 0.29) is 5.69 Å². The van der Waals surface area contributed by atoms with Crippen LogP contribution < -0.4 is 10.6 Å². The van der Waals surface area contributed by atoms with Crippen molar-refractivity contribution < 1.29 is 13.6 Å². The summed E-state index contributed by atoms with van der Waals surface area (Å²) in [5, 5.41) is 5.71. The summed E-state index contributed by atoms with van der Waals surface area (Å²) in [4.78, 5) is 16.4. The lowest BCUT2D eigenvalue weighted by atomic mass is 10.1. The number of carbonyl (C=O) groups is 1. The van der Waals surface area contributed by atoms with Crippen LogP contribution in [0.25, 0.3) is 0 Å². The van der Waals surface area contributed by atoms with Crippen LogP contribution in [0.5, 0.6) is 0 Å². The van der Waals surface area contributed by atoms with E-state index in [0.717, 1.165) is 28.9 Å². The van der Waals surface area contributed by atoms with Crippen LogP contribution in [0.15, 0.2) is 54.7 Å². The van der Waals surface area contributed by atoms with Crippen molar-refractivity contribution in [3.05, 3.63) is 83.1 Å². The van der Waals surface area contributed by atoms with Crippen LogP contribution in [-0.2, 0) is 0 Å². The first-order chi connectivity index (χ1) is 12.4. The quantitative estimate of drug-likeness (QED) is 0.696. The minimum absolute atomic E-state index is 0.173. The number of halogens is 2. The molecule has 1 heterocycles. The van der Waals surface area contributed by atoms with Crippen molar-refractivity contribution in [2.75, 3.05) is 10.6 Å². The number of pyridine rings is 1. The van der Waals surface area contributed by atoms with Crippen LogP contribution in [0.3, 0.4) is 0 Å². The average Bonchev–Trinajstić information content (AvgIpc) is 2.63. The van der Waals surface area contributed by atoms with E-state index < -0.39 is 17.5 Å². The highest BCUT2D eigenvalue weighted by atomic mass is 19.2. The van der Waals surface area contributed by atoms with Crippen molar-refractivity contribution >= 4 is 23.1 Å². The second-order valence-corrected chi connectivity index (χ2v) is 5.89. The van der Waals surface area contributed by atoms with Crippen LogP contribution in [-0.4, -0.2) is 10.9 Å². The van der Waals surface area contributed by atoms with Crippen LogP contribution in [0.4, 0.5) is 26.0 Å². The van der Waals surface area contributed by atoms with Gasteiger partial charge in [0, 0.05) is 23.6 Å². The van der Waals surface area contributed by atoms with Gasteiger partial charge in [0.1, 0.15) is 5.82 Å². The lowest BCUT2D eigenvalue weighted by molar-refractivity contribution is 0.102. The molecule has 6 heteroatoms. The van der Waals surface area contributed by atoms with Gasteiger partial charge in [-0.25, -0.2) is 13.8 Å². The average molecular weight is 353 g/mol. The molecule has 132 valence electrons. The summed E-state index contributed by atoms with van der Waals surface area (Å²) in [5.74, 6) is -1.84. The van der Waals surface area contributed by atoms with E-state index in [0.29, 0.717) is 11.4 Å². The number of hydrogen-bond acceptors (Lipinski definition) is 3. The monoisotopic (exact) mass is 353 g/mol. The molecular formula is C20H17F2N3O. The number of nitrogens with one attached hydrogen (secondary N) is 2. The molecule has 1 aromatic heterocycles. The smallest absolute Gasteiger partial charge is 0.257 e. The third-order valence-corrected chi connectivity index (χ3v) is 4.07. The molecule has 0 aliphatic carbocycles. The Hall–Kier alpha value is -3.28. The SMILES string of the molecule is Cc1cccc(Nc2ccc(C(=O)Nc3ccc(F)c(F)c3)cn2)c1C. The van der Waals surface area contributed by atoms with Crippen molar-refractivity contribution in [3.63, 3.8) is 0 Å². The number of benzene rings is 2. The van der Waals surface area contributed by atoms with Crippen molar-refractivity contribution in [1.82, 2.24) is 4.98 Å². The van der Waals surface area contributed by atoms with E-state index in [1.165, 1.54) is 12.3 Å². The van der Waals surface area contributed by atoms with Gasteiger partial charge in [-0.1, -0.05) is 12.1 Å². The van der Waals surface area contributed by atoms with Crippen molar-refractivity contribution in [1.29, 1.82) is 0 Å². The zero-order valence-corrected chi connectivity index (χ0v) is 14.3. The maximum atomic E-state index is 13.2. The summed E-state index contributed by atoms with van der Waals surface area (Å²) >= 11 is 0. The highest BCUT2D eigenvalue weighted by Crippen LogP contribution is 2.22. The van der Waals surface area contributed by atoms with E-state index in [4.69, 9.17) is 0 Å². The topological polar surface area (TPSA) is 54.0 Å². The summed E-state index contributed by atoms with van der Waals surface area (Å²) in [5.41, 5.74) is 3.70. The van der Waals surface area contributed by atoms with E-state index in [2.05, 4.69) is 15.6 Å². The van der Waals surface area contributed by atoms with Gasteiger partial charge in [0.05, 0.1) is 5.56 Å². The first kappa shape index (κ1) is 17.5. The number of aromatic nitrogens is 1. The largest absolute Gasteiger partial charge is 0.340 e. The summed E-state index contributed by atoms with van der Waals surface area (Å²) in [6.07, 6.45) is 1.42. The summed E-state index contributed by atoms with van der Waals surface area (Å²) in [6, 6.07) is 12.4. The first-order valence-electron chi connectivity index (χ1n) is 8.00. The maximum absolute atomic E-state index is 13.2. The van der Waals surface area contributed by atoms with Crippen LogP contribution >= 0.6 is 0 Å². The Labute approximate surface area is 149 Å². The molecule has 26 heavy (non-hydrogen) atoms. The van der Waals surface area contributed by atoms with Gasteiger partial charge in [0.25, 0.3) is 5.91 Å². The molecule has 2 aromatic carbocycles. The maximum Gasteiger partial charge on any atom is 0.257 e. The number of carbonyl (C=O) groups excluding carboxylic acids is 1. The van der Waals surface area contributed by atoms with Gasteiger partial charge in [-0.15, -0.1) is 0 Å². The lowest BCUT2D eigenvalue weighted by Gasteiger charge is -2.11. The first-order valence-corrected chi connectivity index (χ1v) is 8.00. The Morgan fingerprint density at radius 3 is 2.50 bits per heavy atom. The number of amides is 1. The minimum Gasteiger partial charge on any atom is -0.340 e. The predicted molar refractivity (Wildman–Crippen MR) is 97.7 cm³/mol. The molecule has 4 nitrogen and oxygen atoms in total. The van der Waals surface area contributed by atoms with Gasteiger partial charge in [0.15, 0.2) is 11.6 Å². The lowest BCUT2D eigenvalue weighted by Crippen LogP contribution is -2.12. The van der Waals surface area contributed by atoms with E-state index in [1.54, 1.807) is 12.1 Å². The van der Waals surface area contributed by atoms with Crippen molar-refractivity contribution in [2.24, 2.45) is 0 Å². The van der Waals surface area contributed by atoms with Gasteiger partial charge in [-0.05, 0) is 55.3 Å². The Morgan fingerprint density at radius 1 is 1.00 bits per heavy atom. The van der Waals surface area contributed by atoms with E-state index in [9.17, 15) is 13.6 Å². The highest BCUT2D eigenvalue weighted by molar-refractivity contribution is 6.04. The van der Waals surface area contributed by atoms with Crippen LogP contribution in [0.1, 0.15) is 21.5 Å². The molecular weight excluding hydrogens is 336 g/mol. The molecule has 0 saturated carbocycles. The molecule has 2 N–H and O–H groups in total. The third kappa shape index (κ3) is 3.85. The Balaban J connectivity index is 1.71. The third-order valence-electron chi connectivity index (χ3n) is 4.07. The minimum atomic E-state index is -1.02. The van der Waals surface area contributed by atoms with Gasteiger partial charge in [-0.2, -0.15) is 0 Å². The summed E-state index contributed by atoms with van der Waals surface area (Å²) < 4.78 is 26.1. The number of hydrogen-bond donors (Lipinski definition) is 2. The fourth-order valence-corrected chi connectivity index (χ4v) is 2.40. The fourth-order valence-electron chi connectivity index (χ4n) is 2.40. The molecule has 0 atom stereocenters. The van der Waals surface area contributed by atoms with Crippen LogP contribution in [0.2, 0.25) is 0 Å². The van der Waals surface area contributed by atoms with Crippen molar-refractivity contribution in [2.45, 2.75) is 13.8 Å². The molecule has 0 saturated heterocycles. The molecule has 3 aromatic rings. The van der Waals surface area contributed by atoms with Crippen LogP contribution in [0, 0.1) is 25.5 Å². The molecule has 0 aliphatic rings. The Kier molecular flexibility index (Phi) is 4.93. The Morgan fingerprint density at radius 2 is 1.81 bits per heavy atom. The van der Waals surface area contributed by atoms with E-state index >= 15 is 0 Å². The van der Waals surface area contributed by atoms with Gasteiger partial charge in [0.2, 0.25) is 0 Å². The highest BCUT2D eigenvalue weighted by Gasteiger charge is 2.09. The van der Waals surface area contributed by atoms with Gasteiger partial charge >= 0.3 is 0 Å². The zero-order chi connectivity index (χ0) is 18.7. The molecule has 0 spiro atoms. The van der Waals surface area contributed by atoms with Crippen molar-refractivity contribution in [3.8, 4) is 0 Å². The number of aryl methyl sites for hydroxylation is 1. The summed E-state index contributed by atoms with van der Waals surface area (Å²) in [6.45, 7) is 4.04. The fraction of sp³-hybridized carbons (Fsp3) is 0.100. The predicted octanol–water partition coefficient (Wildman–Crippen LogP) is 4.97. The number of nitrogens with zero attached hydrogens (tertiary/aromatic N) is 1. The standard InChI is InChI=1S/C20H17F2N3O/c1-12-4-3-5-18(13(12)2)25-19-9-6-14(11-23-19)20(26)24-15-7-8-16(21)17(22)10-15/h3-11H,1-2H3,(H,23,25)(H,24,26).